The minimum absolute atomic E-state index is 0.355. The molecule has 0 spiro atoms. The molecule has 0 unspecified atom stereocenters. The van der Waals surface area contributed by atoms with Crippen LogP contribution in [0, 0.1) is 0 Å². The molecule has 0 aliphatic carbocycles. The molecule has 8 heteroatoms. The van der Waals surface area contributed by atoms with Crippen molar-refractivity contribution in [1.29, 1.82) is 0 Å². The van der Waals surface area contributed by atoms with E-state index in [4.69, 9.17) is 17.0 Å². The van der Waals surface area contributed by atoms with Gasteiger partial charge in [0, 0.05) is 28.0 Å². The molecule has 31 heavy (non-hydrogen) atoms. The first kappa shape index (κ1) is 20.9. The normalized spacial score (nSPS) is 10.4. The Morgan fingerprint density at radius 1 is 0.871 bits per heavy atom. The molecule has 0 aliphatic heterocycles. The number of halogens is 1. The monoisotopic (exact) mass is 491 g/mol. The second kappa shape index (κ2) is 9.63. The van der Waals surface area contributed by atoms with E-state index in [2.05, 4.69) is 41.5 Å². The summed E-state index contributed by atoms with van der Waals surface area (Å²) in [6.07, 6.45) is 3.49. The Morgan fingerprint density at radius 2 is 1.58 bits per heavy atom. The third kappa shape index (κ3) is 5.22. The number of rotatable bonds is 5. The standard InChI is InChI=1S/C23H18BrN5OS/c1-30-21-10-6-5-9-18(21)28-23(31)29-22-26-19(15-7-3-2-4-8-15)12-20(27-22)16-11-17(24)14-25-13-16/h2-14H,1H3,(H2,26,27,28,29,31). The molecule has 0 fully saturated rings. The third-order valence-electron chi connectivity index (χ3n) is 4.38. The van der Waals surface area contributed by atoms with Crippen LogP contribution in [-0.2, 0) is 0 Å². The number of ether oxygens (including phenoxy) is 1. The zero-order valence-electron chi connectivity index (χ0n) is 16.5. The molecule has 2 aromatic heterocycles. The number of methoxy groups -OCH3 is 1. The van der Waals surface area contributed by atoms with Gasteiger partial charge in [-0.25, -0.2) is 9.97 Å². The van der Waals surface area contributed by atoms with Crippen molar-refractivity contribution < 1.29 is 4.74 Å². The summed E-state index contributed by atoms with van der Waals surface area (Å²) in [4.78, 5) is 13.6. The maximum atomic E-state index is 5.49. The van der Waals surface area contributed by atoms with Gasteiger partial charge in [-0.3, -0.25) is 4.98 Å². The number of pyridine rings is 1. The fourth-order valence-electron chi connectivity index (χ4n) is 2.96. The van der Waals surface area contributed by atoms with Crippen molar-refractivity contribution in [2.24, 2.45) is 0 Å². The molecule has 0 atom stereocenters. The highest BCUT2D eigenvalue weighted by Gasteiger charge is 2.11. The first-order chi connectivity index (χ1) is 15.1. The Kier molecular flexibility index (Phi) is 6.49. The molecular weight excluding hydrogens is 474 g/mol. The van der Waals surface area contributed by atoms with Crippen molar-refractivity contribution in [3.05, 3.63) is 83.6 Å². The van der Waals surface area contributed by atoms with E-state index in [0.717, 1.165) is 32.7 Å². The largest absolute Gasteiger partial charge is 0.495 e. The van der Waals surface area contributed by atoms with Crippen LogP contribution in [0.2, 0.25) is 0 Å². The Morgan fingerprint density at radius 3 is 2.32 bits per heavy atom. The number of aromatic nitrogens is 3. The van der Waals surface area contributed by atoms with E-state index in [-0.39, 0.29) is 0 Å². The molecule has 2 aromatic carbocycles. The maximum Gasteiger partial charge on any atom is 0.230 e. The predicted molar refractivity (Wildman–Crippen MR) is 131 cm³/mol. The molecule has 0 saturated heterocycles. The fourth-order valence-corrected chi connectivity index (χ4v) is 3.53. The number of para-hydroxylation sites is 2. The summed E-state index contributed by atoms with van der Waals surface area (Å²) in [5.74, 6) is 1.07. The lowest BCUT2D eigenvalue weighted by molar-refractivity contribution is 0.417. The first-order valence-corrected chi connectivity index (χ1v) is 10.6. The number of nitrogens with one attached hydrogen (secondary N) is 2. The Bertz CT molecular complexity index is 1220. The van der Waals surface area contributed by atoms with Gasteiger partial charge >= 0.3 is 0 Å². The summed E-state index contributed by atoms with van der Waals surface area (Å²) in [6.45, 7) is 0. The van der Waals surface area contributed by atoms with Gasteiger partial charge in [-0.05, 0) is 52.4 Å². The minimum atomic E-state index is 0.355. The molecule has 2 N–H and O–H groups in total. The molecule has 154 valence electrons. The van der Waals surface area contributed by atoms with Crippen LogP contribution in [0.25, 0.3) is 22.5 Å². The highest BCUT2D eigenvalue weighted by molar-refractivity contribution is 9.10. The van der Waals surface area contributed by atoms with Crippen LogP contribution in [0.4, 0.5) is 11.6 Å². The molecule has 4 aromatic rings. The second-order valence-corrected chi connectivity index (χ2v) is 7.82. The molecule has 0 saturated carbocycles. The minimum Gasteiger partial charge on any atom is -0.495 e. The summed E-state index contributed by atoms with van der Waals surface area (Å²) in [6, 6.07) is 21.3. The lowest BCUT2D eigenvalue weighted by Gasteiger charge is -2.14. The molecule has 2 heterocycles. The summed E-state index contributed by atoms with van der Waals surface area (Å²) in [5, 5.41) is 6.57. The summed E-state index contributed by atoms with van der Waals surface area (Å²) in [5.41, 5.74) is 4.08. The average Bonchev–Trinajstić information content (AvgIpc) is 2.80. The van der Waals surface area contributed by atoms with E-state index in [1.807, 2.05) is 66.7 Å². The Balaban J connectivity index is 1.68. The topological polar surface area (TPSA) is 72.0 Å². The zero-order chi connectivity index (χ0) is 21.6. The van der Waals surface area contributed by atoms with E-state index in [1.165, 1.54) is 0 Å². The summed E-state index contributed by atoms with van der Waals surface area (Å²) >= 11 is 8.96. The van der Waals surface area contributed by atoms with Crippen molar-refractivity contribution in [2.75, 3.05) is 17.7 Å². The molecule has 4 rings (SSSR count). The van der Waals surface area contributed by atoms with Crippen molar-refractivity contribution >= 4 is 44.9 Å². The van der Waals surface area contributed by atoms with Crippen molar-refractivity contribution in [2.45, 2.75) is 0 Å². The second-order valence-electron chi connectivity index (χ2n) is 6.50. The summed E-state index contributed by atoms with van der Waals surface area (Å²) < 4.78 is 6.24. The molecule has 0 bridgehead atoms. The van der Waals surface area contributed by atoms with Gasteiger partial charge in [-0.1, -0.05) is 42.5 Å². The average molecular weight is 492 g/mol. The van der Waals surface area contributed by atoms with Gasteiger partial charge in [-0.15, -0.1) is 0 Å². The highest BCUT2D eigenvalue weighted by Crippen LogP contribution is 2.27. The van der Waals surface area contributed by atoms with E-state index in [9.17, 15) is 0 Å². The molecular formula is C23H18BrN5OS. The van der Waals surface area contributed by atoms with Gasteiger partial charge in [0.1, 0.15) is 5.75 Å². The van der Waals surface area contributed by atoms with Crippen molar-refractivity contribution in [3.8, 4) is 28.3 Å². The van der Waals surface area contributed by atoms with E-state index >= 15 is 0 Å². The van der Waals surface area contributed by atoms with Gasteiger partial charge in [0.05, 0.1) is 24.2 Å². The van der Waals surface area contributed by atoms with Crippen LogP contribution in [0.1, 0.15) is 0 Å². The molecule has 6 nitrogen and oxygen atoms in total. The van der Waals surface area contributed by atoms with Gasteiger partial charge in [0.15, 0.2) is 5.11 Å². The van der Waals surface area contributed by atoms with Crippen LogP contribution in [-0.4, -0.2) is 27.2 Å². The predicted octanol–water partition coefficient (Wildman–Crippen LogP) is 5.79. The van der Waals surface area contributed by atoms with Crippen LogP contribution >= 0.6 is 28.1 Å². The Hall–Kier alpha value is -3.36. The van der Waals surface area contributed by atoms with Gasteiger partial charge < -0.3 is 15.4 Å². The lowest BCUT2D eigenvalue weighted by Crippen LogP contribution is -2.21. The first-order valence-electron chi connectivity index (χ1n) is 9.39. The van der Waals surface area contributed by atoms with Gasteiger partial charge in [0.2, 0.25) is 5.95 Å². The smallest absolute Gasteiger partial charge is 0.230 e. The van der Waals surface area contributed by atoms with Crippen molar-refractivity contribution in [3.63, 3.8) is 0 Å². The SMILES string of the molecule is COc1ccccc1NC(=S)Nc1nc(-c2ccccc2)cc(-c2cncc(Br)c2)n1. The van der Waals surface area contributed by atoms with E-state index in [0.29, 0.717) is 16.8 Å². The fraction of sp³-hybridized carbons (Fsp3) is 0.0435. The molecule has 0 aliphatic rings. The van der Waals surface area contributed by atoms with Gasteiger partial charge in [-0.2, -0.15) is 0 Å². The van der Waals surface area contributed by atoms with Crippen LogP contribution in [0.15, 0.2) is 83.6 Å². The number of hydrogen-bond acceptors (Lipinski definition) is 5. The summed E-state index contributed by atoms with van der Waals surface area (Å²) in [7, 11) is 1.61. The van der Waals surface area contributed by atoms with Crippen LogP contribution in [0.5, 0.6) is 5.75 Å². The number of thiocarbonyl (C=S) groups is 1. The quantitative estimate of drug-likeness (QED) is 0.342. The highest BCUT2D eigenvalue weighted by atomic mass is 79.9. The number of anilines is 2. The zero-order valence-corrected chi connectivity index (χ0v) is 18.9. The molecule has 0 radical (unpaired) electrons. The Labute approximate surface area is 193 Å². The van der Waals surface area contributed by atoms with E-state index in [1.54, 1.807) is 19.5 Å². The number of nitrogens with zero attached hydrogens (tertiary/aromatic N) is 3. The molecule has 0 amide bonds. The lowest BCUT2D eigenvalue weighted by atomic mass is 10.1. The van der Waals surface area contributed by atoms with Crippen LogP contribution in [0.3, 0.4) is 0 Å². The number of hydrogen-bond donors (Lipinski definition) is 2. The van der Waals surface area contributed by atoms with E-state index < -0.39 is 0 Å². The third-order valence-corrected chi connectivity index (χ3v) is 5.01. The van der Waals surface area contributed by atoms with Crippen LogP contribution < -0.4 is 15.4 Å². The van der Waals surface area contributed by atoms with Crippen molar-refractivity contribution in [1.82, 2.24) is 15.0 Å². The number of benzene rings is 2. The van der Waals surface area contributed by atoms with Gasteiger partial charge in [0.25, 0.3) is 0 Å². The maximum absolute atomic E-state index is 5.49.